The predicted molar refractivity (Wildman–Crippen MR) is 103 cm³/mol. The smallest absolute Gasteiger partial charge is 0.341 e. The first-order chi connectivity index (χ1) is 12.8. The van der Waals surface area contributed by atoms with Crippen molar-refractivity contribution in [1.82, 2.24) is 5.32 Å². The first-order valence-electron chi connectivity index (χ1n) is 9.08. The third-order valence-corrected chi connectivity index (χ3v) is 5.55. The number of anilines is 1. The Morgan fingerprint density at radius 3 is 2.44 bits per heavy atom. The lowest BCUT2D eigenvalue weighted by Gasteiger charge is -2.31. The molecule has 0 aliphatic carbocycles. The average molecular weight is 399 g/mol. The summed E-state index contributed by atoms with van der Waals surface area (Å²) in [6, 6.07) is 0. The third-order valence-electron chi connectivity index (χ3n) is 4.34. The van der Waals surface area contributed by atoms with Gasteiger partial charge >= 0.3 is 5.97 Å². The second-order valence-electron chi connectivity index (χ2n) is 6.70. The first-order valence-corrected chi connectivity index (χ1v) is 9.89. The van der Waals surface area contributed by atoms with Crippen LogP contribution >= 0.6 is 11.3 Å². The molecule has 3 N–H and O–H groups in total. The molecular weight excluding hydrogens is 370 g/mol. The molecule has 9 heteroatoms. The third kappa shape index (κ3) is 5.27. The summed E-state index contributed by atoms with van der Waals surface area (Å²) >= 11 is 1.09. The summed E-state index contributed by atoms with van der Waals surface area (Å²) in [6.07, 6.45) is 0.186. The summed E-state index contributed by atoms with van der Waals surface area (Å²) in [5, 5.41) is 5.71. The maximum atomic E-state index is 12.6. The van der Waals surface area contributed by atoms with Crippen LogP contribution < -0.4 is 15.5 Å². The number of nitrogens with one attached hydrogen (secondary N) is 3. The minimum Gasteiger partial charge on any atom is -0.462 e. The summed E-state index contributed by atoms with van der Waals surface area (Å²) in [7, 11) is 1.52. The zero-order valence-electron chi connectivity index (χ0n) is 16.4. The number of thiophene rings is 1. The van der Waals surface area contributed by atoms with Crippen LogP contribution in [-0.2, 0) is 14.3 Å². The molecule has 0 unspecified atom stereocenters. The molecule has 1 fully saturated rings. The number of amides is 2. The van der Waals surface area contributed by atoms with Gasteiger partial charge in [0.25, 0.3) is 11.8 Å². The summed E-state index contributed by atoms with van der Waals surface area (Å²) in [6.45, 7) is 9.35. The van der Waals surface area contributed by atoms with Crippen LogP contribution in [0.1, 0.15) is 46.4 Å². The van der Waals surface area contributed by atoms with E-state index in [4.69, 9.17) is 9.47 Å². The molecule has 0 radical (unpaired) electrons. The lowest BCUT2D eigenvalue weighted by Crippen LogP contribution is -3.16. The van der Waals surface area contributed by atoms with Gasteiger partial charge in [0.2, 0.25) is 0 Å². The van der Waals surface area contributed by atoms with Crippen LogP contribution in [0.3, 0.4) is 0 Å². The van der Waals surface area contributed by atoms with E-state index < -0.39 is 5.97 Å². The highest BCUT2D eigenvalue weighted by atomic mass is 32.1. The lowest BCUT2D eigenvalue weighted by atomic mass is 10.1. The summed E-state index contributed by atoms with van der Waals surface area (Å²) in [5.41, 5.74) is 0.751. The van der Waals surface area contributed by atoms with E-state index in [0.29, 0.717) is 15.4 Å². The van der Waals surface area contributed by atoms with E-state index in [-0.39, 0.29) is 42.7 Å². The molecule has 2 heterocycles. The van der Waals surface area contributed by atoms with Crippen LogP contribution in [-0.4, -0.2) is 63.3 Å². The van der Waals surface area contributed by atoms with Gasteiger partial charge < -0.3 is 25.0 Å². The van der Waals surface area contributed by atoms with Gasteiger partial charge in [0.15, 0.2) is 6.54 Å². The highest BCUT2D eigenvalue weighted by Gasteiger charge is 2.29. The molecule has 8 nitrogen and oxygen atoms in total. The quantitative estimate of drug-likeness (QED) is 0.596. The van der Waals surface area contributed by atoms with Crippen LogP contribution in [0.5, 0.6) is 0 Å². The molecule has 150 valence electrons. The molecule has 27 heavy (non-hydrogen) atoms. The molecule has 0 saturated carbocycles. The van der Waals surface area contributed by atoms with Gasteiger partial charge in [-0.2, -0.15) is 0 Å². The second-order valence-corrected chi connectivity index (χ2v) is 7.72. The van der Waals surface area contributed by atoms with Crippen molar-refractivity contribution in [1.29, 1.82) is 0 Å². The zero-order chi connectivity index (χ0) is 20.1. The maximum absolute atomic E-state index is 12.6. The molecule has 1 aromatic heterocycles. The number of quaternary nitrogens is 1. The van der Waals surface area contributed by atoms with Crippen molar-refractivity contribution in [2.45, 2.75) is 39.9 Å². The summed E-state index contributed by atoms with van der Waals surface area (Å²) in [4.78, 5) is 38.5. The average Bonchev–Trinajstić information content (AvgIpc) is 2.89. The van der Waals surface area contributed by atoms with Gasteiger partial charge in [-0.25, -0.2) is 4.79 Å². The highest BCUT2D eigenvalue weighted by Crippen LogP contribution is 2.33. The van der Waals surface area contributed by atoms with Crippen molar-refractivity contribution < 1.29 is 28.8 Å². The molecule has 0 aromatic carbocycles. The molecule has 0 spiro atoms. The fourth-order valence-corrected chi connectivity index (χ4v) is 4.47. The summed E-state index contributed by atoms with van der Waals surface area (Å²) in [5.74, 6) is -1.05. The number of carbonyl (C=O) groups is 3. The number of rotatable bonds is 6. The van der Waals surface area contributed by atoms with Crippen LogP contribution in [0.15, 0.2) is 0 Å². The summed E-state index contributed by atoms with van der Waals surface area (Å²) < 4.78 is 10.8. The topological polar surface area (TPSA) is 98.2 Å². The molecule has 2 amide bonds. The van der Waals surface area contributed by atoms with Crippen molar-refractivity contribution in [3.63, 3.8) is 0 Å². The van der Waals surface area contributed by atoms with Crippen LogP contribution in [0.2, 0.25) is 0 Å². The Labute approximate surface area is 163 Å². The first kappa shape index (κ1) is 21.3. The molecule has 1 aliphatic rings. The SMILES string of the molecule is CCOC(=O)c1c(NC(=O)C[NH+]2C[C@@H](C)O[C@H](C)C2)sc(C(=O)NC)c1C. The highest BCUT2D eigenvalue weighted by molar-refractivity contribution is 7.18. The van der Waals surface area contributed by atoms with Gasteiger partial charge in [0, 0.05) is 7.05 Å². The Kier molecular flexibility index (Phi) is 7.34. The number of carbonyl (C=O) groups excluding carboxylic acids is 3. The number of hydrogen-bond donors (Lipinski definition) is 3. The Balaban J connectivity index is 2.19. The van der Waals surface area contributed by atoms with Crippen molar-refractivity contribution in [2.24, 2.45) is 0 Å². The fourth-order valence-electron chi connectivity index (χ4n) is 3.31. The minimum atomic E-state index is -0.544. The molecule has 1 aliphatic heterocycles. The van der Waals surface area contributed by atoms with E-state index >= 15 is 0 Å². The maximum Gasteiger partial charge on any atom is 0.341 e. The number of esters is 1. The lowest BCUT2D eigenvalue weighted by molar-refractivity contribution is -0.907. The normalized spacial score (nSPS) is 22.2. The van der Waals surface area contributed by atoms with E-state index in [2.05, 4.69) is 10.6 Å². The van der Waals surface area contributed by atoms with Crippen molar-refractivity contribution in [3.05, 3.63) is 16.0 Å². The number of hydrogen-bond acceptors (Lipinski definition) is 6. The van der Waals surface area contributed by atoms with Gasteiger partial charge in [-0.15, -0.1) is 11.3 Å². The van der Waals surface area contributed by atoms with E-state index in [0.717, 1.165) is 29.3 Å². The molecular formula is C18H28N3O5S+. The van der Waals surface area contributed by atoms with Gasteiger partial charge in [0.05, 0.1) is 17.0 Å². The number of morpholine rings is 1. The Hall–Kier alpha value is -1.97. The fraction of sp³-hybridized carbons (Fsp3) is 0.611. The van der Waals surface area contributed by atoms with Gasteiger partial charge in [0.1, 0.15) is 30.3 Å². The molecule has 2 rings (SSSR count). The van der Waals surface area contributed by atoms with Crippen LogP contribution in [0, 0.1) is 6.92 Å². The Bertz CT molecular complexity index is 708. The Morgan fingerprint density at radius 1 is 1.26 bits per heavy atom. The van der Waals surface area contributed by atoms with E-state index in [1.54, 1.807) is 13.8 Å². The Morgan fingerprint density at radius 2 is 1.89 bits per heavy atom. The second kappa shape index (κ2) is 9.29. The predicted octanol–water partition coefficient (Wildman–Crippen LogP) is 0.223. The largest absolute Gasteiger partial charge is 0.462 e. The van der Waals surface area contributed by atoms with Gasteiger partial charge in [-0.1, -0.05) is 0 Å². The van der Waals surface area contributed by atoms with E-state index in [1.165, 1.54) is 7.05 Å². The molecule has 2 atom stereocenters. The van der Waals surface area contributed by atoms with Crippen LogP contribution in [0.4, 0.5) is 5.00 Å². The van der Waals surface area contributed by atoms with Gasteiger partial charge in [-0.05, 0) is 33.3 Å². The molecule has 1 saturated heterocycles. The molecule has 1 aromatic rings. The monoisotopic (exact) mass is 398 g/mol. The minimum absolute atomic E-state index is 0.0930. The van der Waals surface area contributed by atoms with Crippen LogP contribution in [0.25, 0.3) is 0 Å². The number of ether oxygens (including phenoxy) is 2. The zero-order valence-corrected chi connectivity index (χ0v) is 17.2. The molecule has 0 bridgehead atoms. The van der Waals surface area contributed by atoms with Gasteiger partial charge in [-0.3, -0.25) is 9.59 Å². The van der Waals surface area contributed by atoms with Crippen molar-refractivity contribution >= 4 is 34.1 Å². The van der Waals surface area contributed by atoms with Crippen molar-refractivity contribution in [2.75, 3.05) is 38.6 Å². The van der Waals surface area contributed by atoms with Crippen molar-refractivity contribution in [3.8, 4) is 0 Å². The van der Waals surface area contributed by atoms with E-state index in [1.807, 2.05) is 13.8 Å². The van der Waals surface area contributed by atoms with E-state index in [9.17, 15) is 14.4 Å². The standard InChI is InChI=1S/C18H27N3O5S/c1-6-25-18(24)14-12(4)15(16(23)19-5)27-17(14)20-13(22)9-21-7-10(2)26-11(3)8-21/h10-11H,6-9H2,1-5H3,(H,19,23)(H,20,22)/p+1/t10-,11-/m1/s1.